The van der Waals surface area contributed by atoms with E-state index in [0.717, 1.165) is 10.5 Å². The Kier molecular flexibility index (Phi) is 4.24. The summed E-state index contributed by atoms with van der Waals surface area (Å²) in [5, 5.41) is 8.74. The second kappa shape index (κ2) is 5.81. The molecule has 3 rings (SSSR count). The zero-order valence-electron chi connectivity index (χ0n) is 11.0. The van der Waals surface area contributed by atoms with Crippen molar-refractivity contribution >= 4 is 22.6 Å². The molecule has 22 heavy (non-hydrogen) atoms. The van der Waals surface area contributed by atoms with E-state index in [-0.39, 0.29) is 22.6 Å². The van der Waals surface area contributed by atoms with E-state index in [1.807, 2.05) is 6.07 Å². The Hall–Kier alpha value is -2.33. The van der Waals surface area contributed by atoms with Crippen LogP contribution in [-0.2, 0) is 6.18 Å². The van der Waals surface area contributed by atoms with Crippen molar-refractivity contribution in [2.75, 3.05) is 0 Å². The number of hydrogen-bond donors (Lipinski definition) is 0. The molecule has 3 aromatic rings. The van der Waals surface area contributed by atoms with Crippen molar-refractivity contribution in [2.24, 2.45) is 0 Å². The van der Waals surface area contributed by atoms with Crippen LogP contribution in [0.15, 0.2) is 48.7 Å². The van der Waals surface area contributed by atoms with E-state index >= 15 is 0 Å². The number of halogens is 4. The maximum Gasteiger partial charge on any atom is 0.431 e. The highest BCUT2D eigenvalue weighted by atomic mass is 79.9. The molecule has 0 fully saturated rings. The van der Waals surface area contributed by atoms with Crippen molar-refractivity contribution in [2.45, 2.75) is 6.18 Å². The highest BCUT2D eigenvalue weighted by Gasteiger charge is 2.33. The summed E-state index contributed by atoms with van der Waals surface area (Å²) in [7, 11) is 0. The molecule has 0 N–H and O–H groups in total. The smallest absolute Gasteiger partial charge is 0.295 e. The molecule has 0 unspecified atom stereocenters. The largest absolute Gasteiger partial charge is 0.431 e. The molecule has 0 aliphatic carbocycles. The van der Waals surface area contributed by atoms with E-state index < -0.39 is 11.9 Å². The van der Waals surface area contributed by atoms with Crippen molar-refractivity contribution in [3.8, 4) is 17.3 Å². The van der Waals surface area contributed by atoms with Crippen LogP contribution in [0.25, 0.3) is 16.9 Å². The number of alkyl halides is 3. The number of aromatic nitrogens is 2. The summed E-state index contributed by atoms with van der Waals surface area (Å²) in [6.07, 6.45) is -3.10. The minimum absolute atomic E-state index is 0. The van der Waals surface area contributed by atoms with E-state index in [2.05, 4.69) is 4.98 Å². The first-order chi connectivity index (χ1) is 9.99. The molecular formula is C15H9BrF3N3. The quantitative estimate of drug-likeness (QED) is 0.636. The topological polar surface area (TPSA) is 41.1 Å². The van der Waals surface area contributed by atoms with Gasteiger partial charge >= 0.3 is 6.18 Å². The van der Waals surface area contributed by atoms with E-state index in [0.29, 0.717) is 16.8 Å². The molecule has 0 atom stereocenters. The summed E-state index contributed by atoms with van der Waals surface area (Å²) in [5.74, 6) is 0. The van der Waals surface area contributed by atoms with Crippen LogP contribution in [-0.4, -0.2) is 9.38 Å². The number of nitrogens with zero attached hydrogens (tertiary/aromatic N) is 3. The predicted molar refractivity (Wildman–Crippen MR) is 80.7 cm³/mol. The van der Waals surface area contributed by atoms with Crippen LogP contribution in [0.2, 0.25) is 0 Å². The van der Waals surface area contributed by atoms with Crippen LogP contribution in [0.1, 0.15) is 11.3 Å². The number of fused-ring (bicyclic) bond motifs is 1. The lowest BCUT2D eigenvalue weighted by atomic mass is 10.1. The first kappa shape index (κ1) is 16.0. The third-order valence-corrected chi connectivity index (χ3v) is 3.09. The first-order valence-corrected chi connectivity index (χ1v) is 6.05. The molecule has 2 heterocycles. The number of hydrogen-bond acceptors (Lipinski definition) is 2. The Bertz CT molecular complexity index is 845. The normalized spacial score (nSPS) is 11.0. The first-order valence-electron chi connectivity index (χ1n) is 6.05. The van der Waals surface area contributed by atoms with E-state index in [1.54, 1.807) is 24.3 Å². The molecule has 0 aliphatic rings. The van der Waals surface area contributed by atoms with Gasteiger partial charge in [-0.2, -0.15) is 18.4 Å². The van der Waals surface area contributed by atoms with Gasteiger partial charge in [0.05, 0.1) is 17.3 Å². The molecule has 0 amide bonds. The monoisotopic (exact) mass is 367 g/mol. The fourth-order valence-electron chi connectivity index (χ4n) is 2.10. The van der Waals surface area contributed by atoms with Gasteiger partial charge in [0.25, 0.3) is 0 Å². The van der Waals surface area contributed by atoms with Gasteiger partial charge in [-0.25, -0.2) is 4.98 Å². The van der Waals surface area contributed by atoms with Gasteiger partial charge in [-0.3, -0.25) is 4.40 Å². The lowest BCUT2D eigenvalue weighted by Crippen LogP contribution is -2.10. The average Bonchev–Trinajstić information content (AvgIpc) is 2.90. The number of nitriles is 1. The Morgan fingerprint density at radius 2 is 1.73 bits per heavy atom. The van der Waals surface area contributed by atoms with Gasteiger partial charge in [0.15, 0.2) is 0 Å². The molecule has 2 aromatic heterocycles. The summed E-state index contributed by atoms with van der Waals surface area (Å²) < 4.78 is 39.9. The van der Waals surface area contributed by atoms with E-state index in [4.69, 9.17) is 5.26 Å². The molecular weight excluding hydrogens is 359 g/mol. The van der Waals surface area contributed by atoms with Gasteiger partial charge in [-0.1, -0.05) is 18.2 Å². The fraction of sp³-hybridized carbons (Fsp3) is 0.0667. The summed E-state index contributed by atoms with van der Waals surface area (Å²) in [4.78, 5) is 4.19. The van der Waals surface area contributed by atoms with Crippen molar-refractivity contribution < 1.29 is 13.2 Å². The summed E-state index contributed by atoms with van der Waals surface area (Å²) in [6, 6.07) is 12.4. The third kappa shape index (κ3) is 2.83. The number of imidazole rings is 1. The number of rotatable bonds is 1. The SMILES string of the molecule is Br.N#Cc1ccc(-c2cn3c(C(F)(F)F)cccc3n2)cc1. The second-order valence-corrected chi connectivity index (χ2v) is 4.45. The second-order valence-electron chi connectivity index (χ2n) is 4.45. The highest BCUT2D eigenvalue weighted by Crippen LogP contribution is 2.31. The molecule has 112 valence electrons. The third-order valence-electron chi connectivity index (χ3n) is 3.09. The Labute approximate surface area is 134 Å². The number of benzene rings is 1. The van der Waals surface area contributed by atoms with Gasteiger partial charge < -0.3 is 0 Å². The van der Waals surface area contributed by atoms with Crippen molar-refractivity contribution in [1.82, 2.24) is 9.38 Å². The molecule has 0 spiro atoms. The van der Waals surface area contributed by atoms with Crippen LogP contribution in [0.5, 0.6) is 0 Å². The molecule has 3 nitrogen and oxygen atoms in total. The summed E-state index contributed by atoms with van der Waals surface area (Å²) in [5.41, 5.74) is 1.03. The average molecular weight is 368 g/mol. The minimum Gasteiger partial charge on any atom is -0.295 e. The molecule has 0 aliphatic heterocycles. The zero-order chi connectivity index (χ0) is 15.0. The molecule has 0 bridgehead atoms. The van der Waals surface area contributed by atoms with Crippen molar-refractivity contribution in [1.29, 1.82) is 5.26 Å². The van der Waals surface area contributed by atoms with Gasteiger partial charge in [-0.15, -0.1) is 17.0 Å². The lowest BCUT2D eigenvalue weighted by Gasteiger charge is -2.08. The van der Waals surface area contributed by atoms with E-state index in [1.165, 1.54) is 18.3 Å². The standard InChI is InChI=1S/C15H8F3N3.BrH/c16-15(17,18)13-2-1-3-14-20-12(9-21(13)14)11-6-4-10(8-19)5-7-11;/h1-7,9H;1H. The zero-order valence-corrected chi connectivity index (χ0v) is 12.7. The van der Waals surface area contributed by atoms with Crippen molar-refractivity contribution in [3.05, 3.63) is 59.9 Å². The fourth-order valence-corrected chi connectivity index (χ4v) is 2.10. The summed E-state index contributed by atoms with van der Waals surface area (Å²) >= 11 is 0. The lowest BCUT2D eigenvalue weighted by molar-refractivity contribution is -0.142. The van der Waals surface area contributed by atoms with Crippen LogP contribution >= 0.6 is 17.0 Å². The Morgan fingerprint density at radius 3 is 2.32 bits per heavy atom. The Morgan fingerprint density at radius 1 is 1.05 bits per heavy atom. The summed E-state index contributed by atoms with van der Waals surface area (Å²) in [6.45, 7) is 0. The Balaban J connectivity index is 0.00000176. The maximum atomic E-state index is 12.9. The van der Waals surface area contributed by atoms with Crippen LogP contribution < -0.4 is 0 Å². The molecule has 1 aromatic carbocycles. The predicted octanol–water partition coefficient (Wildman–Crippen LogP) is 4.47. The van der Waals surface area contributed by atoms with Crippen LogP contribution in [0.3, 0.4) is 0 Å². The van der Waals surface area contributed by atoms with Gasteiger partial charge in [-0.05, 0) is 24.3 Å². The van der Waals surface area contributed by atoms with Gasteiger partial charge in [0, 0.05) is 11.8 Å². The van der Waals surface area contributed by atoms with Gasteiger partial charge in [0.2, 0.25) is 0 Å². The van der Waals surface area contributed by atoms with Crippen LogP contribution in [0, 0.1) is 11.3 Å². The van der Waals surface area contributed by atoms with Gasteiger partial charge in [0.1, 0.15) is 11.3 Å². The minimum atomic E-state index is -4.44. The molecule has 0 saturated heterocycles. The van der Waals surface area contributed by atoms with Crippen molar-refractivity contribution in [3.63, 3.8) is 0 Å². The van der Waals surface area contributed by atoms with E-state index in [9.17, 15) is 13.2 Å². The number of pyridine rings is 1. The van der Waals surface area contributed by atoms with Crippen LogP contribution in [0.4, 0.5) is 13.2 Å². The molecule has 0 radical (unpaired) electrons. The highest BCUT2D eigenvalue weighted by molar-refractivity contribution is 8.93. The molecule has 7 heteroatoms. The maximum absolute atomic E-state index is 12.9. The molecule has 0 saturated carbocycles.